The van der Waals surface area contributed by atoms with Crippen molar-refractivity contribution in [3.05, 3.63) is 54.6 Å². The highest BCUT2D eigenvalue weighted by atomic mass is 32.2. The molecule has 3 rings (SSSR count). The van der Waals surface area contributed by atoms with Gasteiger partial charge in [0.15, 0.2) is 0 Å². The van der Waals surface area contributed by atoms with Gasteiger partial charge in [-0.2, -0.15) is 0 Å². The van der Waals surface area contributed by atoms with E-state index in [0.29, 0.717) is 6.54 Å². The highest BCUT2D eigenvalue weighted by Gasteiger charge is 2.26. The first kappa shape index (κ1) is 19.5. The van der Waals surface area contributed by atoms with Gasteiger partial charge >= 0.3 is 0 Å². The molecule has 0 spiro atoms. The normalized spacial score (nSPS) is 15.3. The monoisotopic (exact) mass is 383 g/mol. The lowest BCUT2D eigenvalue weighted by Crippen LogP contribution is -2.41. The number of benzene rings is 2. The molecule has 2 amide bonds. The van der Waals surface area contributed by atoms with Crippen LogP contribution in [0.4, 0.5) is 11.4 Å². The van der Waals surface area contributed by atoms with Gasteiger partial charge in [0.1, 0.15) is 0 Å². The third kappa shape index (κ3) is 5.84. The van der Waals surface area contributed by atoms with Gasteiger partial charge < -0.3 is 10.6 Å². The minimum Gasteiger partial charge on any atom is -0.326 e. The number of piperidine rings is 1. The lowest BCUT2D eigenvalue weighted by atomic mass is 9.96. The van der Waals surface area contributed by atoms with Crippen molar-refractivity contribution in [2.24, 2.45) is 5.92 Å². The van der Waals surface area contributed by atoms with Crippen LogP contribution in [0.25, 0.3) is 0 Å². The number of likely N-dealkylation sites (tertiary alicyclic amines) is 1. The first-order valence-corrected chi connectivity index (χ1v) is 10.4. The van der Waals surface area contributed by atoms with Crippen LogP contribution in [-0.2, 0) is 9.59 Å². The van der Waals surface area contributed by atoms with Crippen molar-refractivity contribution in [1.29, 1.82) is 0 Å². The van der Waals surface area contributed by atoms with Gasteiger partial charge in [-0.25, -0.2) is 0 Å². The number of para-hydroxylation sites is 1. The highest BCUT2D eigenvalue weighted by Crippen LogP contribution is 2.21. The van der Waals surface area contributed by atoms with Crippen molar-refractivity contribution in [3.63, 3.8) is 0 Å². The second-order valence-corrected chi connectivity index (χ2v) is 7.57. The van der Waals surface area contributed by atoms with E-state index in [0.717, 1.165) is 42.2 Å². The second kappa shape index (κ2) is 9.58. The van der Waals surface area contributed by atoms with Crippen LogP contribution >= 0.6 is 11.8 Å². The molecule has 0 aromatic heterocycles. The van der Waals surface area contributed by atoms with E-state index in [2.05, 4.69) is 15.5 Å². The minimum atomic E-state index is -0.0135. The Bertz CT molecular complexity index is 774. The molecule has 0 atom stereocenters. The van der Waals surface area contributed by atoms with E-state index >= 15 is 0 Å². The summed E-state index contributed by atoms with van der Waals surface area (Å²) in [6, 6.07) is 17.4. The first-order valence-electron chi connectivity index (χ1n) is 9.16. The molecule has 0 radical (unpaired) electrons. The quantitative estimate of drug-likeness (QED) is 0.747. The number of hydrogen-bond acceptors (Lipinski definition) is 4. The zero-order valence-electron chi connectivity index (χ0n) is 15.5. The third-order valence-corrected chi connectivity index (χ3v) is 5.45. The number of nitrogens with zero attached hydrogens (tertiary/aromatic N) is 1. The fourth-order valence-corrected chi connectivity index (χ4v) is 3.68. The van der Waals surface area contributed by atoms with Gasteiger partial charge in [0.25, 0.3) is 0 Å². The lowest BCUT2D eigenvalue weighted by Gasteiger charge is -2.30. The predicted octanol–water partition coefficient (Wildman–Crippen LogP) is 3.70. The van der Waals surface area contributed by atoms with E-state index in [9.17, 15) is 9.59 Å². The van der Waals surface area contributed by atoms with Crippen LogP contribution < -0.4 is 10.6 Å². The average molecular weight is 384 g/mol. The Morgan fingerprint density at radius 1 is 1.00 bits per heavy atom. The number of anilines is 2. The third-order valence-electron chi connectivity index (χ3n) is 4.72. The number of carbonyl (C=O) groups is 2. The molecular weight excluding hydrogens is 358 g/mol. The Morgan fingerprint density at radius 2 is 1.70 bits per heavy atom. The summed E-state index contributed by atoms with van der Waals surface area (Å²) in [5.41, 5.74) is 1.65. The molecular formula is C21H25N3O2S. The van der Waals surface area contributed by atoms with Crippen LogP contribution in [0.15, 0.2) is 59.5 Å². The van der Waals surface area contributed by atoms with Crippen LogP contribution in [0, 0.1) is 5.92 Å². The molecule has 6 heteroatoms. The van der Waals surface area contributed by atoms with E-state index in [1.165, 1.54) is 0 Å². The predicted molar refractivity (Wildman–Crippen MR) is 111 cm³/mol. The number of amides is 2. The number of hydrogen-bond donors (Lipinski definition) is 2. The second-order valence-electron chi connectivity index (χ2n) is 6.69. The molecule has 1 fully saturated rings. The lowest BCUT2D eigenvalue weighted by molar-refractivity contribution is -0.121. The summed E-state index contributed by atoms with van der Waals surface area (Å²) in [6.45, 7) is 1.87. The van der Waals surface area contributed by atoms with E-state index in [1.54, 1.807) is 11.8 Å². The summed E-state index contributed by atoms with van der Waals surface area (Å²) in [5.74, 6) is 0.0578. The Kier molecular flexibility index (Phi) is 6.90. The van der Waals surface area contributed by atoms with Crippen molar-refractivity contribution in [2.75, 3.05) is 36.5 Å². The summed E-state index contributed by atoms with van der Waals surface area (Å²) >= 11 is 1.65. The van der Waals surface area contributed by atoms with Crippen molar-refractivity contribution in [1.82, 2.24) is 4.90 Å². The van der Waals surface area contributed by atoms with E-state index < -0.39 is 0 Å². The van der Waals surface area contributed by atoms with Gasteiger partial charge in [0.2, 0.25) is 11.8 Å². The minimum absolute atomic E-state index is 0.00257. The maximum atomic E-state index is 12.4. The molecule has 1 aliphatic heterocycles. The van der Waals surface area contributed by atoms with Crippen molar-refractivity contribution < 1.29 is 9.59 Å². The van der Waals surface area contributed by atoms with Gasteiger partial charge in [-0.1, -0.05) is 24.3 Å². The molecule has 2 aromatic carbocycles. The SMILES string of the molecule is CSc1cccc(NC(=O)CN2CCC(C(=O)Nc3ccccc3)CC2)c1. The molecule has 142 valence electrons. The summed E-state index contributed by atoms with van der Waals surface area (Å²) in [4.78, 5) is 27.9. The van der Waals surface area contributed by atoms with Gasteiger partial charge in [-0.15, -0.1) is 11.8 Å². The van der Waals surface area contributed by atoms with E-state index in [1.807, 2.05) is 60.9 Å². The number of rotatable bonds is 6. The van der Waals surface area contributed by atoms with Gasteiger partial charge in [0, 0.05) is 22.2 Å². The molecule has 27 heavy (non-hydrogen) atoms. The first-order chi connectivity index (χ1) is 13.1. The zero-order valence-corrected chi connectivity index (χ0v) is 16.3. The molecule has 1 heterocycles. The van der Waals surface area contributed by atoms with Crippen molar-refractivity contribution in [2.45, 2.75) is 17.7 Å². The average Bonchev–Trinajstić information content (AvgIpc) is 2.69. The summed E-state index contributed by atoms with van der Waals surface area (Å²) in [5, 5.41) is 5.93. The molecule has 0 unspecified atom stereocenters. The smallest absolute Gasteiger partial charge is 0.238 e. The number of thioether (sulfide) groups is 1. The molecule has 2 N–H and O–H groups in total. The van der Waals surface area contributed by atoms with Gasteiger partial charge in [0.05, 0.1) is 6.54 Å². The Hall–Kier alpha value is -2.31. The zero-order chi connectivity index (χ0) is 19.1. The maximum Gasteiger partial charge on any atom is 0.238 e. The molecule has 0 saturated carbocycles. The highest BCUT2D eigenvalue weighted by molar-refractivity contribution is 7.98. The molecule has 5 nitrogen and oxygen atoms in total. The maximum absolute atomic E-state index is 12.4. The van der Waals surface area contributed by atoms with Gasteiger partial charge in [-0.3, -0.25) is 14.5 Å². The standard InChI is InChI=1S/C21H25N3O2S/c1-27-19-9-5-8-18(14-19)22-20(25)15-24-12-10-16(11-13-24)21(26)23-17-6-3-2-4-7-17/h2-9,14,16H,10-13,15H2,1H3,(H,22,25)(H,23,26). The largest absolute Gasteiger partial charge is 0.326 e. The fraction of sp³-hybridized carbons (Fsp3) is 0.333. The number of nitrogens with one attached hydrogen (secondary N) is 2. The molecule has 0 bridgehead atoms. The summed E-state index contributed by atoms with van der Waals surface area (Å²) in [6.07, 6.45) is 3.56. The topological polar surface area (TPSA) is 61.4 Å². The summed E-state index contributed by atoms with van der Waals surface area (Å²) < 4.78 is 0. The van der Waals surface area contributed by atoms with Crippen molar-refractivity contribution >= 4 is 35.0 Å². The van der Waals surface area contributed by atoms with Crippen molar-refractivity contribution in [3.8, 4) is 0 Å². The van der Waals surface area contributed by atoms with Gasteiger partial charge in [-0.05, 0) is 62.5 Å². The van der Waals surface area contributed by atoms with Crippen LogP contribution in [0.2, 0.25) is 0 Å². The Balaban J connectivity index is 1.43. The van der Waals surface area contributed by atoms with Crippen LogP contribution in [0.5, 0.6) is 0 Å². The Morgan fingerprint density at radius 3 is 2.41 bits per heavy atom. The number of carbonyl (C=O) groups excluding carboxylic acids is 2. The summed E-state index contributed by atoms with van der Waals surface area (Å²) in [7, 11) is 0. The fourth-order valence-electron chi connectivity index (χ4n) is 3.22. The molecule has 2 aromatic rings. The molecule has 1 saturated heterocycles. The van der Waals surface area contributed by atoms with E-state index in [4.69, 9.17) is 0 Å². The Labute approximate surface area is 164 Å². The van der Waals surface area contributed by atoms with Crippen LogP contribution in [0.1, 0.15) is 12.8 Å². The van der Waals surface area contributed by atoms with E-state index in [-0.39, 0.29) is 17.7 Å². The molecule has 0 aliphatic carbocycles. The van der Waals surface area contributed by atoms with Crippen LogP contribution in [-0.4, -0.2) is 42.6 Å². The van der Waals surface area contributed by atoms with Crippen LogP contribution in [0.3, 0.4) is 0 Å². The molecule has 1 aliphatic rings.